The van der Waals surface area contributed by atoms with Gasteiger partial charge in [-0.3, -0.25) is 4.79 Å². The zero-order valence-corrected chi connectivity index (χ0v) is 8.48. The van der Waals surface area contributed by atoms with Gasteiger partial charge in [-0.15, -0.1) is 0 Å². The number of hydrogen-bond acceptors (Lipinski definition) is 2. The first-order valence-corrected chi connectivity index (χ1v) is 4.74. The molecule has 0 amide bonds. The summed E-state index contributed by atoms with van der Waals surface area (Å²) < 4.78 is 13.3. The second-order valence-electron chi connectivity index (χ2n) is 3.62. The molecule has 0 aromatic heterocycles. The van der Waals surface area contributed by atoms with Gasteiger partial charge in [0.05, 0.1) is 0 Å². The van der Waals surface area contributed by atoms with Crippen molar-refractivity contribution in [3.63, 3.8) is 0 Å². The molecule has 0 aliphatic rings. The molecule has 4 heteroatoms. The lowest BCUT2D eigenvalue weighted by Gasteiger charge is -2.18. The quantitative estimate of drug-likeness (QED) is 0.799. The Morgan fingerprint density at radius 2 is 2.13 bits per heavy atom. The molecule has 2 unspecified atom stereocenters. The molecule has 1 aromatic carbocycles. The Kier molecular flexibility index (Phi) is 3.80. The van der Waals surface area contributed by atoms with Gasteiger partial charge in [-0.05, 0) is 12.0 Å². The van der Waals surface area contributed by atoms with Crippen LogP contribution in [0.1, 0.15) is 24.9 Å². The van der Waals surface area contributed by atoms with Crippen LogP contribution in [0.2, 0.25) is 0 Å². The summed E-state index contributed by atoms with van der Waals surface area (Å²) in [6, 6.07) is 5.59. The molecule has 3 nitrogen and oxygen atoms in total. The van der Waals surface area contributed by atoms with Crippen molar-refractivity contribution in [3.8, 4) is 0 Å². The monoisotopic (exact) mass is 211 g/mol. The number of halogens is 1. The van der Waals surface area contributed by atoms with E-state index in [1.54, 1.807) is 25.1 Å². The Bertz CT molecular complexity index is 354. The van der Waals surface area contributed by atoms with Gasteiger partial charge < -0.3 is 10.8 Å². The third-order valence-electron chi connectivity index (χ3n) is 2.37. The molecule has 0 saturated heterocycles. The van der Waals surface area contributed by atoms with E-state index in [4.69, 9.17) is 10.8 Å². The molecule has 0 aliphatic heterocycles. The summed E-state index contributed by atoms with van der Waals surface area (Å²) in [5.41, 5.74) is 6.15. The summed E-state index contributed by atoms with van der Waals surface area (Å²) in [5.74, 6) is -1.60. The van der Waals surface area contributed by atoms with Crippen LogP contribution in [0.3, 0.4) is 0 Å². The fourth-order valence-electron chi connectivity index (χ4n) is 1.45. The van der Waals surface area contributed by atoms with Crippen molar-refractivity contribution in [2.24, 2.45) is 11.7 Å². The highest BCUT2D eigenvalue weighted by Gasteiger charge is 2.20. The van der Waals surface area contributed by atoms with Crippen LogP contribution in [0, 0.1) is 11.7 Å². The highest BCUT2D eigenvalue weighted by Crippen LogP contribution is 2.23. The Labute approximate surface area is 87.7 Å². The molecule has 2 atom stereocenters. The summed E-state index contributed by atoms with van der Waals surface area (Å²) >= 11 is 0. The van der Waals surface area contributed by atoms with E-state index >= 15 is 0 Å². The number of nitrogens with two attached hydrogens (primary N) is 1. The number of rotatable bonds is 4. The summed E-state index contributed by atoms with van der Waals surface area (Å²) in [4.78, 5) is 10.5. The highest BCUT2D eigenvalue weighted by atomic mass is 19.1. The van der Waals surface area contributed by atoms with Crippen molar-refractivity contribution >= 4 is 5.97 Å². The van der Waals surface area contributed by atoms with Crippen LogP contribution < -0.4 is 5.73 Å². The van der Waals surface area contributed by atoms with Gasteiger partial charge in [-0.25, -0.2) is 4.39 Å². The van der Waals surface area contributed by atoms with E-state index in [1.807, 2.05) is 0 Å². The lowest BCUT2D eigenvalue weighted by atomic mass is 9.92. The van der Waals surface area contributed by atoms with Crippen molar-refractivity contribution in [1.29, 1.82) is 0 Å². The van der Waals surface area contributed by atoms with E-state index in [2.05, 4.69) is 0 Å². The van der Waals surface area contributed by atoms with Crippen LogP contribution in [0.15, 0.2) is 24.3 Å². The van der Waals surface area contributed by atoms with Crippen molar-refractivity contribution in [1.82, 2.24) is 0 Å². The second-order valence-corrected chi connectivity index (χ2v) is 3.62. The molecule has 0 fully saturated rings. The normalized spacial score (nSPS) is 14.6. The lowest BCUT2D eigenvalue weighted by Crippen LogP contribution is -2.22. The smallest absolute Gasteiger partial charge is 0.303 e. The molecule has 1 aromatic rings. The van der Waals surface area contributed by atoms with E-state index in [0.29, 0.717) is 5.56 Å². The average molecular weight is 211 g/mol. The molecule has 0 saturated carbocycles. The van der Waals surface area contributed by atoms with Gasteiger partial charge in [-0.2, -0.15) is 0 Å². The van der Waals surface area contributed by atoms with Gasteiger partial charge in [0.1, 0.15) is 5.82 Å². The minimum atomic E-state index is -0.922. The molecular weight excluding hydrogens is 197 g/mol. The molecule has 0 aliphatic carbocycles. The number of benzene rings is 1. The van der Waals surface area contributed by atoms with Crippen molar-refractivity contribution < 1.29 is 14.3 Å². The minimum absolute atomic E-state index is 0.0600. The van der Waals surface area contributed by atoms with Gasteiger partial charge in [0.15, 0.2) is 0 Å². The summed E-state index contributed by atoms with van der Waals surface area (Å²) in [6.45, 7) is 1.70. The first-order chi connectivity index (χ1) is 7.02. The number of aliphatic carboxylic acids is 1. The first kappa shape index (κ1) is 11.7. The van der Waals surface area contributed by atoms with E-state index in [9.17, 15) is 9.18 Å². The topological polar surface area (TPSA) is 63.3 Å². The van der Waals surface area contributed by atoms with Crippen molar-refractivity contribution in [3.05, 3.63) is 35.6 Å². The summed E-state index contributed by atoms with van der Waals surface area (Å²) in [6.07, 6.45) is -0.0600. The van der Waals surface area contributed by atoms with Crippen LogP contribution >= 0.6 is 0 Å². The predicted molar refractivity (Wildman–Crippen MR) is 54.7 cm³/mol. The third kappa shape index (κ3) is 3.02. The first-order valence-electron chi connectivity index (χ1n) is 4.74. The maximum Gasteiger partial charge on any atom is 0.303 e. The Hall–Kier alpha value is -1.42. The van der Waals surface area contributed by atoms with E-state index in [1.165, 1.54) is 6.07 Å². The maximum atomic E-state index is 13.3. The Morgan fingerprint density at radius 1 is 1.53 bits per heavy atom. The second kappa shape index (κ2) is 4.89. The number of carboxylic acids is 1. The number of carbonyl (C=O) groups is 1. The molecule has 3 N–H and O–H groups in total. The van der Waals surface area contributed by atoms with Gasteiger partial charge in [0.25, 0.3) is 0 Å². The minimum Gasteiger partial charge on any atom is -0.481 e. The predicted octanol–water partition coefficient (Wildman–Crippen LogP) is 1.94. The van der Waals surface area contributed by atoms with E-state index in [-0.39, 0.29) is 18.2 Å². The van der Waals surface area contributed by atoms with E-state index in [0.717, 1.165) is 0 Å². The Morgan fingerprint density at radius 3 is 2.67 bits per heavy atom. The largest absolute Gasteiger partial charge is 0.481 e. The summed E-state index contributed by atoms with van der Waals surface area (Å²) in [7, 11) is 0. The Balaban J connectivity index is 2.80. The van der Waals surface area contributed by atoms with Crippen LogP contribution in [0.4, 0.5) is 4.39 Å². The number of hydrogen-bond donors (Lipinski definition) is 2. The van der Waals surface area contributed by atoms with Gasteiger partial charge >= 0.3 is 5.97 Å². The number of carboxylic acid groups (broad SMARTS) is 1. The van der Waals surface area contributed by atoms with Gasteiger partial charge in [-0.1, -0.05) is 25.1 Å². The highest BCUT2D eigenvalue weighted by molar-refractivity contribution is 5.67. The van der Waals surface area contributed by atoms with Gasteiger partial charge in [0.2, 0.25) is 0 Å². The van der Waals surface area contributed by atoms with Gasteiger partial charge in [0, 0.05) is 18.0 Å². The molecule has 1 rings (SSSR count). The molecule has 82 valence electrons. The van der Waals surface area contributed by atoms with Crippen LogP contribution in [0.5, 0.6) is 0 Å². The molecule has 0 spiro atoms. The SMILES string of the molecule is CC(CC(=O)O)C(N)c1ccccc1F. The zero-order valence-electron chi connectivity index (χ0n) is 8.48. The van der Waals surface area contributed by atoms with Crippen LogP contribution in [-0.4, -0.2) is 11.1 Å². The third-order valence-corrected chi connectivity index (χ3v) is 2.37. The van der Waals surface area contributed by atoms with Crippen molar-refractivity contribution in [2.75, 3.05) is 0 Å². The molecular formula is C11H14FNO2. The standard InChI is InChI=1S/C11H14FNO2/c1-7(6-10(14)15)11(13)8-4-2-3-5-9(8)12/h2-5,7,11H,6,13H2,1H3,(H,14,15). The fourth-order valence-corrected chi connectivity index (χ4v) is 1.45. The lowest BCUT2D eigenvalue weighted by molar-refractivity contribution is -0.138. The van der Waals surface area contributed by atoms with Crippen molar-refractivity contribution in [2.45, 2.75) is 19.4 Å². The zero-order chi connectivity index (χ0) is 11.4. The summed E-state index contributed by atoms with van der Waals surface area (Å²) in [5, 5.41) is 8.60. The fraction of sp³-hybridized carbons (Fsp3) is 0.364. The van der Waals surface area contributed by atoms with Crippen LogP contribution in [-0.2, 0) is 4.79 Å². The average Bonchev–Trinajstić information content (AvgIpc) is 2.16. The molecule has 15 heavy (non-hydrogen) atoms. The van der Waals surface area contributed by atoms with Crippen LogP contribution in [0.25, 0.3) is 0 Å². The molecule has 0 heterocycles. The van der Waals surface area contributed by atoms with E-state index < -0.39 is 12.0 Å². The maximum absolute atomic E-state index is 13.3. The molecule has 0 radical (unpaired) electrons. The molecule has 0 bridgehead atoms.